The molecular weight excluding hydrogens is 508 g/mol. The molecular formula is C28H31ClN4O5. The van der Waals surface area contributed by atoms with Gasteiger partial charge in [0.05, 0.1) is 0 Å². The Hall–Kier alpha value is -3.69. The van der Waals surface area contributed by atoms with Crippen LogP contribution in [0.15, 0.2) is 59.4 Å². The highest BCUT2D eigenvalue weighted by Crippen LogP contribution is 2.18. The van der Waals surface area contributed by atoms with Crippen molar-refractivity contribution in [1.29, 1.82) is 0 Å². The molecule has 0 spiro atoms. The summed E-state index contributed by atoms with van der Waals surface area (Å²) in [6, 6.07) is 13.7. The topological polar surface area (TPSA) is 112 Å². The summed E-state index contributed by atoms with van der Waals surface area (Å²) >= 11 is 5.95. The summed E-state index contributed by atoms with van der Waals surface area (Å²) in [5.41, 5.74) is 1.17. The summed E-state index contributed by atoms with van der Waals surface area (Å²) in [5, 5.41) is 3.95. The number of para-hydroxylation sites is 1. The minimum Gasteiger partial charge on any atom is -0.451 e. The molecule has 1 saturated heterocycles. The number of esters is 1. The average molecular weight is 539 g/mol. The van der Waals surface area contributed by atoms with Crippen molar-refractivity contribution in [1.82, 2.24) is 20.1 Å². The molecule has 0 radical (unpaired) electrons. The minimum atomic E-state index is -1.14. The molecule has 2 N–H and O–H groups in total. The van der Waals surface area contributed by atoms with Gasteiger partial charge in [0, 0.05) is 60.2 Å². The number of piperazine rings is 1. The predicted octanol–water partition coefficient (Wildman–Crippen LogP) is 2.62. The quantitative estimate of drug-likeness (QED) is 0.426. The van der Waals surface area contributed by atoms with Crippen molar-refractivity contribution in [3.05, 3.63) is 81.1 Å². The van der Waals surface area contributed by atoms with Crippen LogP contribution < -0.4 is 10.9 Å². The lowest BCUT2D eigenvalue weighted by molar-refractivity contribution is -0.162. The highest BCUT2D eigenvalue weighted by atomic mass is 35.5. The van der Waals surface area contributed by atoms with Gasteiger partial charge in [-0.05, 0) is 49.4 Å². The third-order valence-electron chi connectivity index (χ3n) is 6.68. The first-order valence-corrected chi connectivity index (χ1v) is 13.0. The van der Waals surface area contributed by atoms with Gasteiger partial charge in [-0.25, -0.2) is 4.79 Å². The van der Waals surface area contributed by atoms with E-state index in [0.29, 0.717) is 41.2 Å². The number of halogens is 1. The number of aromatic nitrogens is 1. The van der Waals surface area contributed by atoms with E-state index in [1.165, 1.54) is 6.07 Å². The lowest BCUT2D eigenvalue weighted by Crippen LogP contribution is -2.52. The fourth-order valence-corrected chi connectivity index (χ4v) is 4.59. The molecule has 2 aromatic carbocycles. The van der Waals surface area contributed by atoms with Gasteiger partial charge >= 0.3 is 5.97 Å². The molecule has 2 atom stereocenters. The van der Waals surface area contributed by atoms with Crippen LogP contribution in [0.4, 0.5) is 0 Å². The largest absolute Gasteiger partial charge is 0.451 e. The van der Waals surface area contributed by atoms with Crippen molar-refractivity contribution in [2.24, 2.45) is 0 Å². The van der Waals surface area contributed by atoms with Crippen molar-refractivity contribution in [3.63, 3.8) is 0 Å². The smallest absolute Gasteiger partial charge is 0.329 e. The summed E-state index contributed by atoms with van der Waals surface area (Å²) in [5.74, 6) is -1.50. The third kappa shape index (κ3) is 6.59. The summed E-state index contributed by atoms with van der Waals surface area (Å²) in [4.78, 5) is 58.6. The molecule has 2 amide bonds. The number of hydrogen-bond acceptors (Lipinski definition) is 6. The van der Waals surface area contributed by atoms with Gasteiger partial charge in [-0.3, -0.25) is 14.4 Å². The van der Waals surface area contributed by atoms with Gasteiger partial charge in [-0.1, -0.05) is 36.7 Å². The van der Waals surface area contributed by atoms with Crippen molar-refractivity contribution >= 4 is 40.3 Å². The number of likely N-dealkylation sites (N-methyl/N-ethyl adjacent to an activating group) is 1. The van der Waals surface area contributed by atoms with E-state index in [0.717, 1.165) is 18.5 Å². The number of pyridine rings is 1. The number of ether oxygens (including phenoxy) is 1. The molecule has 1 aliphatic rings. The molecule has 200 valence electrons. The monoisotopic (exact) mass is 538 g/mol. The van der Waals surface area contributed by atoms with Crippen LogP contribution in [0.3, 0.4) is 0 Å². The van der Waals surface area contributed by atoms with E-state index in [4.69, 9.17) is 16.3 Å². The molecule has 0 aliphatic carbocycles. The second-order valence-electron chi connectivity index (χ2n) is 9.40. The fraction of sp³-hybridized carbons (Fsp3) is 0.357. The van der Waals surface area contributed by atoms with Crippen LogP contribution in [-0.4, -0.2) is 77.9 Å². The van der Waals surface area contributed by atoms with E-state index in [1.54, 1.807) is 48.2 Å². The number of carbonyl (C=O) groups is 3. The fourth-order valence-electron chi connectivity index (χ4n) is 4.46. The maximum atomic E-state index is 13.5. The number of H-pyrrole nitrogens is 1. The van der Waals surface area contributed by atoms with Gasteiger partial charge in [-0.2, -0.15) is 0 Å². The number of nitrogens with zero attached hydrogens (tertiary/aromatic N) is 2. The molecule has 9 nitrogen and oxygen atoms in total. The predicted molar refractivity (Wildman–Crippen MR) is 145 cm³/mol. The van der Waals surface area contributed by atoms with Gasteiger partial charge in [0.1, 0.15) is 6.04 Å². The molecule has 10 heteroatoms. The van der Waals surface area contributed by atoms with Crippen LogP contribution in [0.5, 0.6) is 0 Å². The lowest BCUT2D eigenvalue weighted by Gasteiger charge is -2.34. The first kappa shape index (κ1) is 27.3. The number of fused-ring (bicyclic) bond motifs is 1. The Morgan fingerprint density at radius 1 is 1.05 bits per heavy atom. The number of carbonyl (C=O) groups excluding carboxylic acids is 3. The van der Waals surface area contributed by atoms with Gasteiger partial charge < -0.3 is 24.8 Å². The van der Waals surface area contributed by atoms with Crippen molar-refractivity contribution in [2.75, 3.05) is 33.2 Å². The average Bonchev–Trinajstić information content (AvgIpc) is 2.91. The Morgan fingerprint density at radius 3 is 2.42 bits per heavy atom. The highest BCUT2D eigenvalue weighted by Gasteiger charge is 2.32. The zero-order valence-electron chi connectivity index (χ0n) is 21.4. The van der Waals surface area contributed by atoms with Crippen molar-refractivity contribution in [3.8, 4) is 0 Å². The van der Waals surface area contributed by atoms with Crippen LogP contribution in [0, 0.1) is 0 Å². The van der Waals surface area contributed by atoms with E-state index in [-0.39, 0.29) is 17.9 Å². The Morgan fingerprint density at radius 2 is 1.74 bits per heavy atom. The number of nitrogens with one attached hydrogen (secondary N) is 2. The lowest BCUT2D eigenvalue weighted by atomic mass is 10.0. The van der Waals surface area contributed by atoms with Gasteiger partial charge in [0.25, 0.3) is 11.8 Å². The third-order valence-corrected chi connectivity index (χ3v) is 6.93. The molecule has 2 unspecified atom stereocenters. The molecule has 1 fully saturated rings. The zero-order valence-corrected chi connectivity index (χ0v) is 22.2. The summed E-state index contributed by atoms with van der Waals surface area (Å²) < 4.78 is 5.71. The van der Waals surface area contributed by atoms with Crippen LogP contribution in [0.1, 0.15) is 29.3 Å². The van der Waals surface area contributed by atoms with Crippen LogP contribution >= 0.6 is 11.6 Å². The molecule has 1 aliphatic heterocycles. The first-order valence-electron chi connectivity index (χ1n) is 12.6. The van der Waals surface area contributed by atoms with Crippen molar-refractivity contribution < 1.29 is 19.1 Å². The van der Waals surface area contributed by atoms with Crippen molar-refractivity contribution in [2.45, 2.75) is 31.9 Å². The summed E-state index contributed by atoms with van der Waals surface area (Å²) in [7, 11) is 1.99. The number of rotatable bonds is 8. The van der Waals surface area contributed by atoms with E-state index >= 15 is 0 Å². The Kier molecular flexibility index (Phi) is 8.81. The molecule has 38 heavy (non-hydrogen) atoms. The van der Waals surface area contributed by atoms with E-state index in [9.17, 15) is 19.2 Å². The Balaban J connectivity index is 1.59. The Labute approximate surface area is 225 Å². The number of amides is 2. The van der Waals surface area contributed by atoms with Gasteiger partial charge in [-0.15, -0.1) is 0 Å². The second kappa shape index (κ2) is 12.2. The maximum Gasteiger partial charge on any atom is 0.329 e. The summed E-state index contributed by atoms with van der Waals surface area (Å²) in [6.07, 6.45) is -0.679. The highest BCUT2D eigenvalue weighted by molar-refractivity contribution is 6.30. The second-order valence-corrected chi connectivity index (χ2v) is 9.84. The summed E-state index contributed by atoms with van der Waals surface area (Å²) in [6.45, 7) is 4.37. The maximum absolute atomic E-state index is 13.5. The number of benzene rings is 2. The number of aromatic amines is 1. The molecule has 1 aromatic heterocycles. The minimum absolute atomic E-state index is 0.00172. The normalized spacial score (nSPS) is 15.6. The van der Waals surface area contributed by atoms with Crippen LogP contribution in [0.2, 0.25) is 5.02 Å². The molecule has 2 heterocycles. The molecule has 4 rings (SSSR count). The van der Waals surface area contributed by atoms with Gasteiger partial charge in [0.2, 0.25) is 5.56 Å². The Bertz CT molecular complexity index is 1370. The molecule has 3 aromatic rings. The standard InChI is InChI=1S/C28H31ClN4O5/c1-3-24(27(36)33-14-12-32(2)13-15-33)38-28(37)23(31-26(35)18-8-10-20(29)11-9-18)16-19-17-25(34)30-22-7-5-4-6-21(19)22/h4-11,17,23-24H,3,12-16H2,1-2H3,(H,30,34)(H,31,35). The number of hydrogen-bond donors (Lipinski definition) is 2. The SMILES string of the molecule is CCC(OC(=O)C(Cc1cc(=O)[nH]c2ccccc12)NC(=O)c1ccc(Cl)cc1)C(=O)N1CCN(C)CC1. The zero-order chi connectivity index (χ0) is 27.2. The van der Waals surface area contributed by atoms with E-state index in [2.05, 4.69) is 15.2 Å². The molecule has 0 bridgehead atoms. The van der Waals surface area contributed by atoms with Gasteiger partial charge in [0.15, 0.2) is 6.10 Å². The van der Waals surface area contributed by atoms with Crippen LogP contribution in [0.25, 0.3) is 10.9 Å². The first-order chi connectivity index (χ1) is 18.2. The van der Waals surface area contributed by atoms with Crippen LogP contribution in [-0.2, 0) is 20.7 Å². The van der Waals surface area contributed by atoms with E-state index in [1.807, 2.05) is 19.2 Å². The van der Waals surface area contributed by atoms with E-state index < -0.39 is 24.0 Å². The molecule has 0 saturated carbocycles.